The smallest absolute Gasteiger partial charge is 0.136 e. The maximum absolute atomic E-state index is 6.29. The molecule has 0 fully saturated rings. The van der Waals surface area contributed by atoms with Gasteiger partial charge in [0.2, 0.25) is 0 Å². The van der Waals surface area contributed by atoms with E-state index < -0.39 is 0 Å². The van der Waals surface area contributed by atoms with E-state index in [4.69, 9.17) is 9.40 Å². The zero-order valence-corrected chi connectivity index (χ0v) is 22.6. The topological polar surface area (TPSA) is 31.0 Å². The van der Waals surface area contributed by atoms with Crippen molar-refractivity contribution in [1.29, 1.82) is 0 Å². The van der Waals surface area contributed by atoms with Crippen molar-refractivity contribution < 1.29 is 4.42 Å². The van der Waals surface area contributed by atoms with Crippen LogP contribution in [0.3, 0.4) is 0 Å². The Hall–Kier alpha value is -5.19. The summed E-state index contributed by atoms with van der Waals surface area (Å²) in [5.74, 6) is 0. The van der Waals surface area contributed by atoms with Crippen molar-refractivity contribution in [2.45, 2.75) is 0 Å². The summed E-state index contributed by atoms with van der Waals surface area (Å²) in [6, 6.07) is 43.3. The van der Waals surface area contributed by atoms with E-state index in [9.17, 15) is 0 Å². The summed E-state index contributed by atoms with van der Waals surface area (Å²) < 4.78 is 8.70. The van der Waals surface area contributed by atoms with E-state index in [1.54, 1.807) is 11.3 Å². The number of benzene rings is 6. The van der Waals surface area contributed by atoms with Gasteiger partial charge in [-0.2, -0.15) is 0 Å². The molecule has 0 atom stereocenters. The van der Waals surface area contributed by atoms with Crippen LogP contribution in [0, 0.1) is 0 Å². The number of aromatic nitrogens is 2. The average molecular weight is 541 g/mol. The van der Waals surface area contributed by atoms with Gasteiger partial charge in [-0.3, -0.25) is 0 Å². The van der Waals surface area contributed by atoms with Gasteiger partial charge in [-0.25, -0.2) is 4.98 Å². The number of para-hydroxylation sites is 2. The fourth-order valence-electron chi connectivity index (χ4n) is 6.77. The lowest BCUT2D eigenvalue weighted by molar-refractivity contribution is 0.669. The Morgan fingerprint density at radius 2 is 1.41 bits per heavy atom. The van der Waals surface area contributed by atoms with Crippen molar-refractivity contribution in [2.75, 3.05) is 0 Å². The second kappa shape index (κ2) is 7.72. The maximum Gasteiger partial charge on any atom is 0.136 e. The molecule has 3 aromatic heterocycles. The summed E-state index contributed by atoms with van der Waals surface area (Å²) >= 11 is 1.79. The van der Waals surface area contributed by atoms with Gasteiger partial charge in [-0.15, -0.1) is 11.3 Å². The van der Waals surface area contributed by atoms with Gasteiger partial charge in [0.05, 0.1) is 21.6 Å². The van der Waals surface area contributed by atoms with Crippen LogP contribution in [0.1, 0.15) is 0 Å². The molecule has 4 heteroatoms. The van der Waals surface area contributed by atoms with Gasteiger partial charge in [0.15, 0.2) is 0 Å². The number of hydrogen-bond acceptors (Lipinski definition) is 3. The molecular weight excluding hydrogens is 520 g/mol. The summed E-state index contributed by atoms with van der Waals surface area (Å²) in [6.07, 6.45) is 0. The van der Waals surface area contributed by atoms with Crippen molar-refractivity contribution in [2.24, 2.45) is 0 Å². The quantitative estimate of drug-likeness (QED) is 0.218. The summed E-state index contributed by atoms with van der Waals surface area (Å²) in [7, 11) is 0. The highest BCUT2D eigenvalue weighted by Gasteiger charge is 2.27. The zero-order chi connectivity index (χ0) is 26.7. The van der Waals surface area contributed by atoms with E-state index in [-0.39, 0.29) is 0 Å². The van der Waals surface area contributed by atoms with Crippen molar-refractivity contribution in [3.63, 3.8) is 0 Å². The molecule has 1 aliphatic rings. The summed E-state index contributed by atoms with van der Waals surface area (Å²) in [6.45, 7) is 0. The van der Waals surface area contributed by atoms with Crippen LogP contribution in [0.15, 0.2) is 126 Å². The molecule has 41 heavy (non-hydrogen) atoms. The third kappa shape index (κ3) is 2.84. The molecule has 190 valence electrons. The Bertz CT molecular complexity index is 2530. The number of nitrogens with zero attached hydrogens (tertiary/aromatic N) is 2. The van der Waals surface area contributed by atoms with Gasteiger partial charge in [0.25, 0.3) is 0 Å². The molecule has 3 nitrogen and oxygen atoms in total. The lowest BCUT2D eigenvalue weighted by Gasteiger charge is -2.12. The van der Waals surface area contributed by atoms with Crippen molar-refractivity contribution in [3.05, 3.63) is 121 Å². The normalized spacial score (nSPS) is 12.4. The molecule has 1 aliphatic carbocycles. The van der Waals surface area contributed by atoms with Crippen LogP contribution in [0.5, 0.6) is 0 Å². The van der Waals surface area contributed by atoms with Crippen LogP contribution in [0.2, 0.25) is 0 Å². The number of hydrogen-bond donors (Lipinski definition) is 0. The first kappa shape index (κ1) is 21.6. The Labute approximate surface area is 238 Å². The number of thiazole rings is 1. The highest BCUT2D eigenvalue weighted by Crippen LogP contribution is 2.52. The Kier molecular flexibility index (Phi) is 4.07. The predicted molar refractivity (Wildman–Crippen MR) is 171 cm³/mol. The van der Waals surface area contributed by atoms with E-state index >= 15 is 0 Å². The van der Waals surface area contributed by atoms with E-state index in [1.807, 2.05) is 12.1 Å². The third-order valence-electron chi connectivity index (χ3n) is 8.54. The molecular formula is C37H20N2OS. The van der Waals surface area contributed by atoms with Gasteiger partial charge in [-0.1, -0.05) is 84.9 Å². The van der Waals surface area contributed by atoms with E-state index in [2.05, 4.69) is 114 Å². The van der Waals surface area contributed by atoms with Crippen LogP contribution >= 0.6 is 11.3 Å². The van der Waals surface area contributed by atoms with Gasteiger partial charge in [-0.05, 0) is 47.2 Å². The monoisotopic (exact) mass is 540 g/mol. The molecule has 3 heterocycles. The molecule has 0 unspecified atom stereocenters. The van der Waals surface area contributed by atoms with Crippen LogP contribution in [-0.2, 0) is 0 Å². The second-order valence-corrected chi connectivity index (χ2v) is 11.8. The zero-order valence-electron chi connectivity index (χ0n) is 21.8. The standard InChI is InChI=1S/C37H20N2OS/c1-2-9-21(10-3-1)37-38-35-29-18-23(17-22-11-8-14-26(34(22)29)36(35)41-37)39-30-15-6-4-12-24(30)27-20-33-28(19-31(27)39)25-13-5-7-16-32(25)40-33/h1-20H. The summed E-state index contributed by atoms with van der Waals surface area (Å²) in [5, 5.41) is 8.29. The first-order chi connectivity index (χ1) is 20.3. The molecule has 0 aliphatic heterocycles. The van der Waals surface area contributed by atoms with Crippen molar-refractivity contribution >= 4 is 65.9 Å². The average Bonchev–Trinajstić information content (AvgIpc) is 3.77. The van der Waals surface area contributed by atoms with Crippen LogP contribution in [-0.4, -0.2) is 9.55 Å². The molecule has 6 aromatic carbocycles. The number of fused-ring (bicyclic) bond motifs is 9. The Morgan fingerprint density at radius 3 is 2.34 bits per heavy atom. The Balaban J connectivity index is 1.29. The van der Waals surface area contributed by atoms with E-state index in [1.165, 1.54) is 48.6 Å². The first-order valence-corrected chi connectivity index (χ1v) is 14.6. The lowest BCUT2D eigenvalue weighted by Crippen LogP contribution is -1.95. The molecule has 0 amide bonds. The fourth-order valence-corrected chi connectivity index (χ4v) is 7.89. The SMILES string of the molecule is c1ccc(-c2nc3c(s2)-c2cccc4cc(-n5c6ccccc6c6cc7oc8ccccc8c7cc65)cc-3c24)cc1. The number of rotatable bonds is 2. The van der Waals surface area contributed by atoms with Gasteiger partial charge < -0.3 is 8.98 Å². The Morgan fingerprint density at radius 1 is 0.585 bits per heavy atom. The van der Waals surface area contributed by atoms with Crippen molar-refractivity contribution in [1.82, 2.24) is 9.55 Å². The third-order valence-corrected chi connectivity index (χ3v) is 9.68. The largest absolute Gasteiger partial charge is 0.456 e. The highest BCUT2D eigenvalue weighted by atomic mass is 32.1. The first-order valence-electron chi connectivity index (χ1n) is 13.8. The summed E-state index contributed by atoms with van der Waals surface area (Å²) in [5.41, 5.74) is 10.1. The van der Waals surface area contributed by atoms with Gasteiger partial charge in [0, 0.05) is 43.9 Å². The van der Waals surface area contributed by atoms with Crippen LogP contribution in [0.4, 0.5) is 0 Å². The molecule has 0 bridgehead atoms. The fraction of sp³-hybridized carbons (Fsp3) is 0. The molecule has 9 aromatic rings. The van der Waals surface area contributed by atoms with Crippen molar-refractivity contribution in [3.8, 4) is 38.0 Å². The lowest BCUT2D eigenvalue weighted by atomic mass is 10.0. The molecule has 0 radical (unpaired) electrons. The minimum Gasteiger partial charge on any atom is -0.456 e. The molecule has 0 N–H and O–H groups in total. The minimum atomic E-state index is 0.919. The summed E-state index contributed by atoms with van der Waals surface area (Å²) in [4.78, 5) is 6.47. The van der Waals surface area contributed by atoms with Crippen LogP contribution in [0.25, 0.3) is 92.5 Å². The number of furan rings is 1. The highest BCUT2D eigenvalue weighted by molar-refractivity contribution is 7.19. The minimum absolute atomic E-state index is 0.919. The van der Waals surface area contributed by atoms with Gasteiger partial charge >= 0.3 is 0 Å². The van der Waals surface area contributed by atoms with Gasteiger partial charge in [0.1, 0.15) is 16.2 Å². The van der Waals surface area contributed by atoms with E-state index in [0.29, 0.717) is 0 Å². The molecule has 0 saturated heterocycles. The molecule has 10 rings (SSSR count). The van der Waals surface area contributed by atoms with Crippen LogP contribution < -0.4 is 0 Å². The molecule has 0 saturated carbocycles. The maximum atomic E-state index is 6.29. The predicted octanol–water partition coefficient (Wildman–Crippen LogP) is 10.6. The molecule has 0 spiro atoms. The second-order valence-electron chi connectivity index (χ2n) is 10.8. The van der Waals surface area contributed by atoms with E-state index in [0.717, 1.165) is 43.9 Å².